The maximum atomic E-state index is 6.02. The van der Waals surface area contributed by atoms with Gasteiger partial charge in [-0.05, 0) is 12.1 Å². The monoisotopic (exact) mass is 395 g/mol. The Labute approximate surface area is 167 Å². The van der Waals surface area contributed by atoms with Crippen LogP contribution >= 0.6 is 11.7 Å². The normalized spacial score (nSPS) is 14.7. The number of aromatic nitrogens is 2. The quantitative estimate of drug-likeness (QED) is 0.489. The van der Waals surface area contributed by atoms with Gasteiger partial charge in [0.15, 0.2) is 0 Å². The van der Waals surface area contributed by atoms with Crippen LogP contribution in [0.3, 0.4) is 0 Å². The highest BCUT2D eigenvalue weighted by Crippen LogP contribution is 2.26. The number of para-hydroxylation sites is 1. The smallest absolute Gasteiger partial charge is 0.271 e. The van der Waals surface area contributed by atoms with Crippen LogP contribution in [0.2, 0.25) is 0 Å². The van der Waals surface area contributed by atoms with Crippen LogP contribution in [0.4, 0.5) is 11.5 Å². The third kappa shape index (κ3) is 4.65. The molecule has 8 heteroatoms. The lowest BCUT2D eigenvalue weighted by Gasteiger charge is -2.26. The molecule has 0 aliphatic carbocycles. The van der Waals surface area contributed by atoms with Gasteiger partial charge in [-0.3, -0.25) is 5.43 Å². The zero-order valence-electron chi connectivity index (χ0n) is 15.3. The van der Waals surface area contributed by atoms with E-state index in [0.717, 1.165) is 47.6 Å². The van der Waals surface area contributed by atoms with Crippen molar-refractivity contribution in [1.82, 2.24) is 8.75 Å². The van der Waals surface area contributed by atoms with E-state index in [1.807, 2.05) is 60.7 Å². The second-order valence-electron chi connectivity index (χ2n) is 6.18. The molecular formula is C20H21N5O2S. The van der Waals surface area contributed by atoms with Gasteiger partial charge in [-0.1, -0.05) is 48.5 Å². The Morgan fingerprint density at radius 1 is 1.04 bits per heavy atom. The molecule has 0 atom stereocenters. The number of anilines is 2. The van der Waals surface area contributed by atoms with Crippen LogP contribution in [0.5, 0.6) is 5.88 Å². The molecule has 144 valence electrons. The summed E-state index contributed by atoms with van der Waals surface area (Å²) in [5, 5.41) is 4.57. The van der Waals surface area contributed by atoms with E-state index in [0.29, 0.717) is 19.1 Å². The molecule has 2 aromatic carbocycles. The fraction of sp³-hybridized carbons (Fsp3) is 0.250. The van der Waals surface area contributed by atoms with Gasteiger partial charge >= 0.3 is 0 Å². The number of hydrazone groups is 1. The highest BCUT2D eigenvalue weighted by atomic mass is 32.1. The van der Waals surface area contributed by atoms with Crippen LogP contribution in [-0.4, -0.2) is 47.4 Å². The number of nitrogens with zero attached hydrogens (tertiary/aromatic N) is 4. The van der Waals surface area contributed by atoms with Crippen molar-refractivity contribution < 1.29 is 9.47 Å². The number of nitrogens with one attached hydrogen (secondary N) is 1. The van der Waals surface area contributed by atoms with Crippen LogP contribution in [-0.2, 0) is 4.74 Å². The van der Waals surface area contributed by atoms with E-state index in [2.05, 4.69) is 24.2 Å². The molecule has 3 aromatic rings. The number of rotatable bonds is 7. The third-order valence-electron chi connectivity index (χ3n) is 4.30. The van der Waals surface area contributed by atoms with E-state index in [9.17, 15) is 0 Å². The summed E-state index contributed by atoms with van der Waals surface area (Å²) < 4.78 is 20.2. The largest absolute Gasteiger partial charge is 0.468 e. The molecule has 1 saturated heterocycles. The number of ether oxygens (including phenoxy) is 2. The zero-order chi connectivity index (χ0) is 19.0. The van der Waals surface area contributed by atoms with Crippen molar-refractivity contribution >= 4 is 28.9 Å². The molecule has 1 N–H and O–H groups in total. The first-order chi connectivity index (χ1) is 13.9. The van der Waals surface area contributed by atoms with Gasteiger partial charge in [-0.25, -0.2) is 0 Å². The fourth-order valence-corrected chi connectivity index (χ4v) is 3.35. The molecule has 0 amide bonds. The van der Waals surface area contributed by atoms with Crippen molar-refractivity contribution in [1.29, 1.82) is 0 Å². The Morgan fingerprint density at radius 2 is 1.75 bits per heavy atom. The van der Waals surface area contributed by atoms with Crippen LogP contribution in [0, 0.1) is 0 Å². The summed E-state index contributed by atoms with van der Waals surface area (Å²) in [5.41, 5.74) is 5.79. The average Bonchev–Trinajstić information content (AvgIpc) is 3.24. The fourth-order valence-electron chi connectivity index (χ4n) is 2.83. The predicted octanol–water partition coefficient (Wildman–Crippen LogP) is 3.27. The summed E-state index contributed by atoms with van der Waals surface area (Å²) in [6, 6.07) is 19.8. The van der Waals surface area contributed by atoms with Crippen molar-refractivity contribution in [3.63, 3.8) is 0 Å². The van der Waals surface area contributed by atoms with Gasteiger partial charge in [-0.2, -0.15) is 9.47 Å². The van der Waals surface area contributed by atoms with Gasteiger partial charge in [0.05, 0.1) is 30.6 Å². The molecule has 1 aromatic heterocycles. The maximum Gasteiger partial charge on any atom is 0.271 e. The minimum Gasteiger partial charge on any atom is -0.468 e. The summed E-state index contributed by atoms with van der Waals surface area (Å²) in [4.78, 5) is 2.14. The van der Waals surface area contributed by atoms with Gasteiger partial charge in [0.1, 0.15) is 12.3 Å². The van der Waals surface area contributed by atoms with Crippen molar-refractivity contribution in [2.75, 3.05) is 43.2 Å². The molecule has 0 unspecified atom stereocenters. The average molecular weight is 395 g/mol. The number of hydrogen-bond donors (Lipinski definition) is 1. The Balaban J connectivity index is 1.50. The zero-order valence-corrected chi connectivity index (χ0v) is 16.1. The topological polar surface area (TPSA) is 71.9 Å². The minimum absolute atomic E-state index is 0.284. The first-order valence-electron chi connectivity index (χ1n) is 9.11. The first-order valence-corrected chi connectivity index (χ1v) is 9.84. The lowest BCUT2D eigenvalue weighted by atomic mass is 10.1. The summed E-state index contributed by atoms with van der Waals surface area (Å²) >= 11 is 1.15. The number of hydrogen-bond acceptors (Lipinski definition) is 8. The highest BCUT2D eigenvalue weighted by molar-refractivity contribution is 6.99. The third-order valence-corrected chi connectivity index (χ3v) is 4.80. The van der Waals surface area contributed by atoms with Crippen molar-refractivity contribution in [3.8, 4) is 5.88 Å². The first kappa shape index (κ1) is 18.4. The Morgan fingerprint density at radius 3 is 2.50 bits per heavy atom. The van der Waals surface area contributed by atoms with Crippen molar-refractivity contribution in [2.24, 2.45) is 5.10 Å². The van der Waals surface area contributed by atoms with Gasteiger partial charge in [-0.15, -0.1) is 4.37 Å². The molecular weight excluding hydrogens is 374 g/mol. The molecule has 1 fully saturated rings. The SMILES string of the molecule is c1ccc(N/N=C(\COc2nsnc2N2CCOCC2)c2ccccc2)cc1. The second kappa shape index (κ2) is 9.29. The minimum atomic E-state index is 0.284. The molecule has 7 nitrogen and oxygen atoms in total. The Kier molecular flexibility index (Phi) is 6.11. The maximum absolute atomic E-state index is 6.02. The van der Waals surface area contributed by atoms with E-state index in [1.165, 1.54) is 0 Å². The van der Waals surface area contributed by atoms with E-state index in [-0.39, 0.29) is 6.61 Å². The van der Waals surface area contributed by atoms with E-state index < -0.39 is 0 Å². The highest BCUT2D eigenvalue weighted by Gasteiger charge is 2.20. The predicted molar refractivity (Wildman–Crippen MR) is 111 cm³/mol. The summed E-state index contributed by atoms with van der Waals surface area (Å²) in [6.45, 7) is 3.24. The van der Waals surface area contributed by atoms with Crippen LogP contribution in [0.1, 0.15) is 5.56 Å². The van der Waals surface area contributed by atoms with Crippen LogP contribution in [0.15, 0.2) is 65.8 Å². The molecule has 0 spiro atoms. The Hall–Kier alpha value is -2.97. The van der Waals surface area contributed by atoms with Gasteiger partial charge in [0, 0.05) is 18.7 Å². The second-order valence-corrected chi connectivity index (χ2v) is 6.71. The standard InChI is InChI=1S/C20H21N5O2S/c1-3-7-16(8-4-1)18(22-21-17-9-5-2-6-10-17)15-27-20-19(23-28-24-20)25-11-13-26-14-12-25/h1-10,21H,11-15H2/b22-18+. The summed E-state index contributed by atoms with van der Waals surface area (Å²) in [7, 11) is 0. The molecule has 2 heterocycles. The van der Waals surface area contributed by atoms with Gasteiger partial charge in [0.25, 0.3) is 5.88 Å². The molecule has 0 bridgehead atoms. The molecule has 1 aliphatic heterocycles. The van der Waals surface area contributed by atoms with E-state index in [4.69, 9.17) is 9.47 Å². The lowest BCUT2D eigenvalue weighted by molar-refractivity contribution is 0.122. The van der Waals surface area contributed by atoms with Gasteiger partial charge < -0.3 is 14.4 Å². The molecule has 4 rings (SSSR count). The Bertz CT molecular complexity index is 895. The van der Waals surface area contributed by atoms with Crippen molar-refractivity contribution in [3.05, 3.63) is 66.2 Å². The van der Waals surface area contributed by atoms with Crippen LogP contribution < -0.4 is 15.1 Å². The van der Waals surface area contributed by atoms with Gasteiger partial charge in [0.2, 0.25) is 5.82 Å². The molecule has 28 heavy (non-hydrogen) atoms. The molecule has 0 saturated carbocycles. The number of benzene rings is 2. The summed E-state index contributed by atoms with van der Waals surface area (Å²) in [6.07, 6.45) is 0. The van der Waals surface area contributed by atoms with Crippen LogP contribution in [0.25, 0.3) is 0 Å². The molecule has 0 radical (unpaired) electrons. The van der Waals surface area contributed by atoms with E-state index in [1.54, 1.807) is 0 Å². The summed E-state index contributed by atoms with van der Waals surface area (Å²) in [5.74, 6) is 1.31. The lowest BCUT2D eigenvalue weighted by Crippen LogP contribution is -2.36. The number of morpholine rings is 1. The molecule has 1 aliphatic rings. The van der Waals surface area contributed by atoms with E-state index >= 15 is 0 Å². The van der Waals surface area contributed by atoms with Crippen molar-refractivity contribution in [2.45, 2.75) is 0 Å².